The lowest BCUT2D eigenvalue weighted by Crippen LogP contribution is -2.60. The number of aliphatic hydroxyl groups is 2. The van der Waals surface area contributed by atoms with Crippen molar-refractivity contribution >= 4 is 17.9 Å². The Kier molecular flexibility index (Phi) is 43.6. The summed E-state index contributed by atoms with van der Waals surface area (Å²) in [5.74, 6) is -8.50. The molecule has 0 saturated carbocycles. The van der Waals surface area contributed by atoms with Crippen molar-refractivity contribution in [2.45, 2.75) is 271 Å². The van der Waals surface area contributed by atoms with Crippen LogP contribution in [0.3, 0.4) is 0 Å². The Balaban J connectivity index is 4.87. The largest absolute Gasteiger partial charge is 0.443 e. The first kappa shape index (κ1) is 61.8. The van der Waals surface area contributed by atoms with E-state index in [1.165, 1.54) is 57.8 Å². The van der Waals surface area contributed by atoms with Crippen molar-refractivity contribution in [1.82, 2.24) is 0 Å². The molecule has 0 radical (unpaired) electrons. The van der Waals surface area contributed by atoms with Crippen LogP contribution in [0.1, 0.15) is 259 Å². The van der Waals surface area contributed by atoms with Crippen molar-refractivity contribution in [2.75, 3.05) is 0 Å². The molecule has 0 aliphatic carbocycles. The SMILES string of the molecule is CCCCC/C=C\C/C=C\CCCCCCCC(=O)OC(C)(O)C(O)(OC(=O)CCCCCCC/C=C\C/C=C\CCCCC)OC(=O)CCCCCCC/C=C\C/C=C\CCCCC. The fourth-order valence-corrected chi connectivity index (χ4v) is 7.20. The number of ether oxygens (including phenoxy) is 3. The predicted octanol–water partition coefficient (Wildman–Crippen LogP) is 16.4. The molecule has 8 heteroatoms. The van der Waals surface area contributed by atoms with E-state index in [2.05, 4.69) is 93.7 Å². The van der Waals surface area contributed by atoms with Gasteiger partial charge in [0.2, 0.25) is 0 Å². The Morgan fingerprint density at radius 3 is 0.846 bits per heavy atom. The van der Waals surface area contributed by atoms with Crippen LogP contribution >= 0.6 is 0 Å². The van der Waals surface area contributed by atoms with Crippen LogP contribution < -0.4 is 0 Å². The second-order valence-electron chi connectivity index (χ2n) is 17.9. The van der Waals surface area contributed by atoms with E-state index in [4.69, 9.17) is 14.2 Å². The first-order valence-corrected chi connectivity index (χ1v) is 26.6. The van der Waals surface area contributed by atoms with Crippen LogP contribution in [0.2, 0.25) is 0 Å². The zero-order valence-electron chi connectivity index (χ0n) is 42.2. The third kappa shape index (κ3) is 40.7. The predicted molar refractivity (Wildman–Crippen MR) is 272 cm³/mol. The zero-order chi connectivity index (χ0) is 47.8. The van der Waals surface area contributed by atoms with Gasteiger partial charge in [0.25, 0.3) is 0 Å². The molecular weight excluding hydrogens is 813 g/mol. The van der Waals surface area contributed by atoms with Crippen molar-refractivity contribution < 1.29 is 38.8 Å². The highest BCUT2D eigenvalue weighted by molar-refractivity contribution is 5.72. The number of rotatable bonds is 46. The van der Waals surface area contributed by atoms with E-state index >= 15 is 0 Å². The van der Waals surface area contributed by atoms with Gasteiger partial charge in [-0.3, -0.25) is 14.4 Å². The second kappa shape index (κ2) is 45.9. The van der Waals surface area contributed by atoms with Crippen LogP contribution in [0.25, 0.3) is 0 Å². The molecular formula is C57H98O8. The standard InChI is InChI=1S/C57H98O8/c1-5-8-11-14-17-20-23-26-29-32-35-38-41-44-47-50-53(58)63-56(4,61)57(62,64-54(59)51-48-45-42-39-36-33-30-27-24-21-18-15-12-9-6-2)65-55(60)52-49-46-43-40-37-34-31-28-25-22-19-16-13-10-7-3/h17-22,26-31,61-62H,5-16,23-25,32-52H2,1-4H3/b20-17-,21-18-,22-19-,29-26-,30-27-,31-28-. The van der Waals surface area contributed by atoms with E-state index in [0.29, 0.717) is 19.3 Å². The molecule has 0 aliphatic rings. The monoisotopic (exact) mass is 911 g/mol. The van der Waals surface area contributed by atoms with Gasteiger partial charge in [-0.05, 0) is 116 Å². The van der Waals surface area contributed by atoms with Gasteiger partial charge in [0, 0.05) is 26.2 Å². The van der Waals surface area contributed by atoms with Crippen LogP contribution in [0.15, 0.2) is 72.9 Å². The van der Waals surface area contributed by atoms with Crippen LogP contribution in [-0.2, 0) is 28.6 Å². The van der Waals surface area contributed by atoms with Crippen molar-refractivity contribution in [2.24, 2.45) is 0 Å². The number of allylic oxidation sites excluding steroid dienone is 12. The molecule has 1 atom stereocenters. The molecule has 0 fully saturated rings. The summed E-state index contributed by atoms with van der Waals surface area (Å²) in [6.07, 6.45) is 60.5. The van der Waals surface area contributed by atoms with Crippen LogP contribution in [-0.4, -0.2) is 39.9 Å². The summed E-state index contributed by atoms with van der Waals surface area (Å²) in [5, 5.41) is 22.7. The number of carbonyl (C=O) groups excluding carboxylic acids is 3. The highest BCUT2D eigenvalue weighted by Crippen LogP contribution is 2.30. The highest BCUT2D eigenvalue weighted by atomic mass is 16.9. The molecule has 8 nitrogen and oxygen atoms in total. The molecule has 0 aromatic heterocycles. The third-order valence-corrected chi connectivity index (χ3v) is 11.4. The Hall–Kier alpha value is -3.23. The molecule has 0 aliphatic heterocycles. The number of unbranched alkanes of at least 4 members (excludes halogenated alkanes) is 24. The molecule has 0 amide bonds. The molecule has 0 aromatic rings. The smallest absolute Gasteiger partial charge is 0.422 e. The first-order valence-electron chi connectivity index (χ1n) is 26.6. The molecule has 0 aromatic carbocycles. The highest BCUT2D eigenvalue weighted by Gasteiger charge is 2.57. The maximum absolute atomic E-state index is 13.0. The Bertz CT molecular complexity index is 1250. The number of hydrogen-bond acceptors (Lipinski definition) is 8. The maximum Gasteiger partial charge on any atom is 0.443 e. The molecule has 65 heavy (non-hydrogen) atoms. The fraction of sp³-hybridized carbons (Fsp3) is 0.737. The van der Waals surface area contributed by atoms with Crippen LogP contribution in [0.4, 0.5) is 0 Å². The van der Waals surface area contributed by atoms with E-state index in [-0.39, 0.29) is 19.3 Å². The molecule has 0 rings (SSSR count). The molecule has 0 saturated heterocycles. The van der Waals surface area contributed by atoms with Gasteiger partial charge in [0.15, 0.2) is 0 Å². The van der Waals surface area contributed by atoms with Gasteiger partial charge in [-0.2, -0.15) is 0 Å². The van der Waals surface area contributed by atoms with Crippen molar-refractivity contribution in [3.63, 3.8) is 0 Å². The van der Waals surface area contributed by atoms with Crippen molar-refractivity contribution in [3.05, 3.63) is 72.9 Å². The van der Waals surface area contributed by atoms with Gasteiger partial charge in [0.1, 0.15) is 0 Å². The lowest BCUT2D eigenvalue weighted by atomic mass is 10.1. The number of carbonyl (C=O) groups is 3. The fourth-order valence-electron chi connectivity index (χ4n) is 7.20. The van der Waals surface area contributed by atoms with Gasteiger partial charge in [-0.1, -0.05) is 190 Å². The van der Waals surface area contributed by atoms with E-state index in [0.717, 1.165) is 142 Å². The molecule has 374 valence electrons. The second-order valence-corrected chi connectivity index (χ2v) is 17.9. The lowest BCUT2D eigenvalue weighted by molar-refractivity contribution is -0.437. The quantitative estimate of drug-likeness (QED) is 0.0268. The first-order chi connectivity index (χ1) is 31.6. The molecule has 0 spiro atoms. The number of esters is 3. The van der Waals surface area contributed by atoms with Gasteiger partial charge < -0.3 is 24.4 Å². The van der Waals surface area contributed by atoms with Gasteiger partial charge in [0.05, 0.1) is 0 Å². The molecule has 0 heterocycles. The minimum Gasteiger partial charge on any atom is -0.422 e. The summed E-state index contributed by atoms with van der Waals surface area (Å²) in [7, 11) is 0. The van der Waals surface area contributed by atoms with Crippen LogP contribution in [0, 0.1) is 0 Å². The minimum atomic E-state index is -3.19. The maximum atomic E-state index is 13.0. The average molecular weight is 911 g/mol. The Labute approximate surface area is 398 Å². The molecule has 2 N–H and O–H groups in total. The van der Waals surface area contributed by atoms with Gasteiger partial charge >= 0.3 is 29.7 Å². The van der Waals surface area contributed by atoms with Crippen molar-refractivity contribution in [3.8, 4) is 0 Å². The lowest BCUT2D eigenvalue weighted by Gasteiger charge is -2.37. The minimum absolute atomic E-state index is 0.00343. The van der Waals surface area contributed by atoms with Crippen molar-refractivity contribution in [1.29, 1.82) is 0 Å². The summed E-state index contributed by atoms with van der Waals surface area (Å²) in [5.41, 5.74) is 0. The van der Waals surface area contributed by atoms with Gasteiger partial charge in [-0.15, -0.1) is 0 Å². The average Bonchev–Trinajstić information content (AvgIpc) is 3.27. The van der Waals surface area contributed by atoms with Crippen LogP contribution in [0.5, 0.6) is 0 Å². The van der Waals surface area contributed by atoms with E-state index < -0.39 is 29.7 Å². The summed E-state index contributed by atoms with van der Waals surface area (Å²) >= 11 is 0. The summed E-state index contributed by atoms with van der Waals surface area (Å²) in [4.78, 5) is 38.8. The number of hydrogen-bond donors (Lipinski definition) is 2. The summed E-state index contributed by atoms with van der Waals surface area (Å²) in [6.45, 7) is 7.64. The van der Waals surface area contributed by atoms with E-state index in [1.54, 1.807) is 0 Å². The topological polar surface area (TPSA) is 119 Å². The normalized spacial score (nSPS) is 13.4. The van der Waals surface area contributed by atoms with E-state index in [9.17, 15) is 24.6 Å². The van der Waals surface area contributed by atoms with E-state index in [1.807, 2.05) is 0 Å². The molecule has 0 bridgehead atoms. The van der Waals surface area contributed by atoms with Gasteiger partial charge in [-0.25, -0.2) is 0 Å². The Morgan fingerprint density at radius 2 is 0.569 bits per heavy atom. The third-order valence-electron chi connectivity index (χ3n) is 11.4. The zero-order valence-corrected chi connectivity index (χ0v) is 42.2. The molecule has 1 unspecified atom stereocenters. The summed E-state index contributed by atoms with van der Waals surface area (Å²) < 4.78 is 15.8. The summed E-state index contributed by atoms with van der Waals surface area (Å²) in [6, 6.07) is 0. The Morgan fingerprint density at radius 1 is 0.338 bits per heavy atom.